The van der Waals surface area contributed by atoms with Crippen molar-refractivity contribution in [2.24, 2.45) is 34.5 Å². The van der Waals surface area contributed by atoms with Crippen molar-refractivity contribution in [3.8, 4) is 0 Å². The summed E-state index contributed by atoms with van der Waals surface area (Å²) in [6, 6.07) is 0. The first kappa shape index (κ1) is 20.7. The van der Waals surface area contributed by atoms with Crippen molar-refractivity contribution >= 4 is 17.5 Å². The van der Waals surface area contributed by atoms with Gasteiger partial charge in [-0.1, -0.05) is 19.4 Å². The number of hydrogen-bond donors (Lipinski definition) is 2. The van der Waals surface area contributed by atoms with Gasteiger partial charge in [0.1, 0.15) is 11.9 Å². The molecule has 0 saturated heterocycles. The lowest BCUT2D eigenvalue weighted by Crippen LogP contribution is -2.60. The van der Waals surface area contributed by atoms with Gasteiger partial charge in [0.2, 0.25) is 11.6 Å². The Morgan fingerprint density at radius 3 is 2.41 bits per heavy atom. The Morgan fingerprint density at radius 2 is 1.79 bits per heavy atom. The molecule has 4 aliphatic carbocycles. The van der Waals surface area contributed by atoms with Crippen molar-refractivity contribution in [1.82, 2.24) is 0 Å². The normalized spacial score (nSPS) is 45.5. The average molecular weight is 405 g/mol. The van der Waals surface area contributed by atoms with Crippen LogP contribution in [0, 0.1) is 34.5 Å². The molecule has 0 radical (unpaired) electrons. The molecule has 7 atom stereocenters. The van der Waals surface area contributed by atoms with Crippen molar-refractivity contribution in [2.75, 3.05) is 0 Å². The maximum Gasteiger partial charge on any atom is 0.302 e. The number of rotatable bonds is 2. The molecule has 0 aromatic heterocycles. The maximum atomic E-state index is 12.5. The van der Waals surface area contributed by atoms with Crippen LogP contribution >= 0.6 is 0 Å². The van der Waals surface area contributed by atoms with Crippen LogP contribution in [0.4, 0.5) is 0 Å². The van der Waals surface area contributed by atoms with E-state index in [1.165, 1.54) is 13.0 Å². The fraction of sp³-hybridized carbons (Fsp3) is 0.783. The molecular weight excluding hydrogens is 372 g/mol. The number of carbonyl (C=O) groups is 3. The highest BCUT2D eigenvalue weighted by Gasteiger charge is 2.65. The standard InChI is InChI=1S/C23H32O6/c1-12(24)16-7-8-17-15-6-5-14-9-19(26)23(27,28)11-21(14,3)18(15)10-20(22(16,17)4)29-13(2)25/h9,15-18,20,27-28H,5-8,10-11H2,1-4H3/t15?,16-,17?,18?,20?,21+,22-/m1/s1. The minimum Gasteiger partial charge on any atom is -0.462 e. The lowest BCUT2D eigenvalue weighted by atomic mass is 9.45. The zero-order chi connectivity index (χ0) is 21.4. The second-order valence-corrected chi connectivity index (χ2v) is 10.3. The molecule has 6 nitrogen and oxygen atoms in total. The number of hydrogen-bond acceptors (Lipinski definition) is 6. The number of esters is 1. The summed E-state index contributed by atoms with van der Waals surface area (Å²) in [7, 11) is 0. The molecule has 2 N–H and O–H groups in total. The largest absolute Gasteiger partial charge is 0.462 e. The van der Waals surface area contributed by atoms with Crippen LogP contribution in [0.15, 0.2) is 11.6 Å². The monoisotopic (exact) mass is 404 g/mol. The highest BCUT2D eigenvalue weighted by Crippen LogP contribution is 2.67. The van der Waals surface area contributed by atoms with E-state index in [1.807, 2.05) is 6.92 Å². The van der Waals surface area contributed by atoms with Gasteiger partial charge >= 0.3 is 5.97 Å². The molecule has 4 aliphatic rings. The van der Waals surface area contributed by atoms with Gasteiger partial charge in [0.15, 0.2) is 0 Å². The molecule has 160 valence electrons. The van der Waals surface area contributed by atoms with Crippen LogP contribution in [0.3, 0.4) is 0 Å². The van der Waals surface area contributed by atoms with Crippen molar-refractivity contribution in [3.05, 3.63) is 11.6 Å². The molecule has 29 heavy (non-hydrogen) atoms. The molecule has 0 spiro atoms. The van der Waals surface area contributed by atoms with E-state index in [0.717, 1.165) is 31.3 Å². The number of aliphatic hydroxyl groups is 2. The van der Waals surface area contributed by atoms with Crippen LogP contribution in [-0.2, 0) is 19.1 Å². The summed E-state index contributed by atoms with van der Waals surface area (Å²) in [5.41, 5.74) is 0.0544. The molecule has 0 aromatic carbocycles. The first-order valence-electron chi connectivity index (χ1n) is 10.8. The van der Waals surface area contributed by atoms with Gasteiger partial charge in [-0.25, -0.2) is 0 Å². The van der Waals surface area contributed by atoms with Gasteiger partial charge in [-0.05, 0) is 68.3 Å². The van der Waals surface area contributed by atoms with Gasteiger partial charge in [-0.3, -0.25) is 14.4 Å². The van der Waals surface area contributed by atoms with E-state index in [9.17, 15) is 24.6 Å². The lowest BCUT2D eigenvalue weighted by molar-refractivity contribution is -0.208. The van der Waals surface area contributed by atoms with Crippen LogP contribution in [0.2, 0.25) is 0 Å². The van der Waals surface area contributed by atoms with Gasteiger partial charge in [0.05, 0.1) is 0 Å². The van der Waals surface area contributed by atoms with Crippen molar-refractivity contribution in [2.45, 2.75) is 78.1 Å². The summed E-state index contributed by atoms with van der Waals surface area (Å²) in [5.74, 6) is -2.69. The number of ketones is 2. The van der Waals surface area contributed by atoms with E-state index in [0.29, 0.717) is 12.3 Å². The van der Waals surface area contributed by atoms with Crippen molar-refractivity contribution < 1.29 is 29.3 Å². The maximum absolute atomic E-state index is 12.5. The van der Waals surface area contributed by atoms with E-state index < -0.39 is 22.4 Å². The zero-order valence-electron chi connectivity index (χ0n) is 17.7. The highest BCUT2D eigenvalue weighted by atomic mass is 16.5. The molecule has 4 rings (SSSR count). The summed E-state index contributed by atoms with van der Waals surface area (Å²) < 4.78 is 5.83. The van der Waals surface area contributed by atoms with Crippen LogP contribution in [0.5, 0.6) is 0 Å². The van der Waals surface area contributed by atoms with E-state index >= 15 is 0 Å². The van der Waals surface area contributed by atoms with Crippen molar-refractivity contribution in [3.63, 3.8) is 0 Å². The summed E-state index contributed by atoms with van der Waals surface area (Å²) in [6.45, 7) is 7.17. The molecule has 3 fully saturated rings. The Morgan fingerprint density at radius 1 is 1.10 bits per heavy atom. The topological polar surface area (TPSA) is 101 Å². The van der Waals surface area contributed by atoms with Gasteiger partial charge in [0, 0.05) is 24.7 Å². The quantitative estimate of drug-likeness (QED) is 0.542. The summed E-state index contributed by atoms with van der Waals surface area (Å²) in [4.78, 5) is 36.6. The first-order chi connectivity index (χ1) is 13.4. The Bertz CT molecular complexity index is 797. The van der Waals surface area contributed by atoms with Crippen molar-refractivity contribution in [1.29, 1.82) is 0 Å². The zero-order valence-corrected chi connectivity index (χ0v) is 17.7. The van der Waals surface area contributed by atoms with E-state index in [2.05, 4.69) is 6.92 Å². The van der Waals surface area contributed by atoms with Crippen LogP contribution in [0.25, 0.3) is 0 Å². The van der Waals surface area contributed by atoms with Crippen LogP contribution < -0.4 is 0 Å². The molecule has 0 aromatic rings. The Kier molecular flexibility index (Phi) is 4.63. The Hall–Kier alpha value is -1.53. The van der Waals surface area contributed by atoms with Crippen LogP contribution in [0.1, 0.15) is 66.2 Å². The summed E-state index contributed by atoms with van der Waals surface area (Å²) in [6.07, 6.45) is 4.99. The fourth-order valence-corrected chi connectivity index (χ4v) is 7.66. The van der Waals surface area contributed by atoms with E-state index in [4.69, 9.17) is 4.74 Å². The molecule has 0 aliphatic heterocycles. The summed E-state index contributed by atoms with van der Waals surface area (Å²) in [5, 5.41) is 20.7. The molecule has 0 amide bonds. The number of carbonyl (C=O) groups excluding carboxylic acids is 3. The van der Waals surface area contributed by atoms with E-state index in [1.54, 1.807) is 6.92 Å². The molecule has 4 unspecified atom stereocenters. The van der Waals surface area contributed by atoms with Crippen LogP contribution in [-0.4, -0.2) is 39.6 Å². The predicted octanol–water partition coefficient (Wildman–Crippen LogP) is 2.56. The Labute approximate surface area is 171 Å². The molecule has 3 saturated carbocycles. The second-order valence-electron chi connectivity index (χ2n) is 10.3. The van der Waals surface area contributed by atoms with Gasteiger partial charge in [-0.15, -0.1) is 0 Å². The molecule has 6 heteroatoms. The molecular formula is C23H32O6. The average Bonchev–Trinajstić information content (AvgIpc) is 2.95. The second kappa shape index (κ2) is 6.48. The SMILES string of the molecule is CC(=O)OC1CC2C(CCC3=CC(=O)C(O)(O)C[C@@]32C)C2CC[C@H](C(C)=O)[C@@]12C. The van der Waals surface area contributed by atoms with Gasteiger partial charge in [0.25, 0.3) is 0 Å². The fourth-order valence-electron chi connectivity index (χ4n) is 7.66. The Balaban J connectivity index is 1.78. The number of Topliss-reactive ketones (excluding diaryl/α,β-unsaturated/α-hetero) is 1. The van der Waals surface area contributed by atoms with Gasteiger partial charge < -0.3 is 14.9 Å². The third-order valence-corrected chi connectivity index (χ3v) is 8.92. The van der Waals surface area contributed by atoms with Gasteiger partial charge in [-0.2, -0.15) is 0 Å². The minimum absolute atomic E-state index is 0.0296. The number of fused-ring (bicyclic) bond motifs is 5. The first-order valence-corrected chi connectivity index (χ1v) is 10.8. The third-order valence-electron chi connectivity index (χ3n) is 8.92. The van der Waals surface area contributed by atoms with E-state index in [-0.39, 0.29) is 42.0 Å². The number of ether oxygens (including phenoxy) is 1. The minimum atomic E-state index is -2.35. The molecule has 0 heterocycles. The lowest BCUT2D eigenvalue weighted by Gasteiger charge is -2.60. The number of allylic oxidation sites excluding steroid dienone is 1. The third kappa shape index (κ3) is 2.86. The molecule has 0 bridgehead atoms. The highest BCUT2D eigenvalue weighted by molar-refractivity contribution is 5.97. The summed E-state index contributed by atoms with van der Waals surface area (Å²) >= 11 is 0. The smallest absolute Gasteiger partial charge is 0.302 e. The predicted molar refractivity (Wildman–Crippen MR) is 104 cm³/mol.